The highest BCUT2D eigenvalue weighted by Gasteiger charge is 2.22. The van der Waals surface area contributed by atoms with Gasteiger partial charge in [0.05, 0.1) is 0 Å². The molecule has 0 bridgehead atoms. The first kappa shape index (κ1) is 13.0. The summed E-state index contributed by atoms with van der Waals surface area (Å²) in [6.07, 6.45) is 4.22. The lowest BCUT2D eigenvalue weighted by atomic mass is 9.87. The molecule has 1 nitrogen and oxygen atoms in total. The molecule has 0 aliphatic carbocycles. The first-order valence-electron chi connectivity index (χ1n) is 5.08. The molecule has 0 aromatic rings. The minimum absolute atomic E-state index is 0.360. The van der Waals surface area contributed by atoms with Gasteiger partial charge in [0.15, 0.2) is 0 Å². The standard InChI is InChI=1S/C13H20O/c1-5-7-8-9-10-12(14)13(3,4)11-6-2/h11-12,14H,2,5,7-8H2,1,3-4H3. The van der Waals surface area contributed by atoms with Crippen molar-refractivity contribution in [3.8, 4) is 11.8 Å². The van der Waals surface area contributed by atoms with Crippen LogP contribution in [0.4, 0.5) is 0 Å². The van der Waals surface area contributed by atoms with Crippen LogP contribution in [-0.4, -0.2) is 11.2 Å². The first-order valence-corrected chi connectivity index (χ1v) is 5.08. The molecule has 1 unspecified atom stereocenters. The van der Waals surface area contributed by atoms with E-state index in [1.165, 1.54) is 0 Å². The van der Waals surface area contributed by atoms with Crippen molar-refractivity contribution in [1.29, 1.82) is 0 Å². The van der Waals surface area contributed by atoms with Crippen LogP contribution < -0.4 is 0 Å². The van der Waals surface area contributed by atoms with E-state index in [1.807, 2.05) is 13.8 Å². The van der Waals surface area contributed by atoms with Crippen molar-refractivity contribution in [3.63, 3.8) is 0 Å². The molecule has 1 N–H and O–H groups in total. The van der Waals surface area contributed by atoms with Crippen molar-refractivity contribution in [3.05, 3.63) is 18.4 Å². The Bertz CT molecular complexity index is 259. The van der Waals surface area contributed by atoms with Crippen molar-refractivity contribution in [1.82, 2.24) is 0 Å². The average molecular weight is 192 g/mol. The maximum Gasteiger partial charge on any atom is 0.123 e. The summed E-state index contributed by atoms with van der Waals surface area (Å²) in [5, 5.41) is 9.73. The van der Waals surface area contributed by atoms with E-state index in [9.17, 15) is 5.11 Å². The van der Waals surface area contributed by atoms with Crippen LogP contribution in [0, 0.1) is 17.3 Å². The highest BCUT2D eigenvalue weighted by Crippen LogP contribution is 2.21. The smallest absolute Gasteiger partial charge is 0.123 e. The zero-order valence-electron chi connectivity index (χ0n) is 9.43. The van der Waals surface area contributed by atoms with Crippen LogP contribution in [0.2, 0.25) is 0 Å². The second kappa shape index (κ2) is 6.49. The van der Waals surface area contributed by atoms with Crippen molar-refractivity contribution in [2.45, 2.75) is 46.1 Å². The van der Waals surface area contributed by atoms with Gasteiger partial charge in [0.2, 0.25) is 0 Å². The van der Waals surface area contributed by atoms with Gasteiger partial charge in [-0.1, -0.05) is 39.7 Å². The predicted octanol–water partition coefficient (Wildman–Crippen LogP) is 2.91. The number of hydrogen-bond acceptors (Lipinski definition) is 1. The van der Waals surface area contributed by atoms with Crippen molar-refractivity contribution in [2.75, 3.05) is 0 Å². The molecule has 0 aromatic heterocycles. The Morgan fingerprint density at radius 2 is 2.14 bits per heavy atom. The van der Waals surface area contributed by atoms with Gasteiger partial charge in [-0.05, 0) is 12.5 Å². The minimum Gasteiger partial charge on any atom is -0.379 e. The average Bonchev–Trinajstić information content (AvgIpc) is 2.12. The van der Waals surface area contributed by atoms with E-state index in [4.69, 9.17) is 0 Å². The fourth-order valence-electron chi connectivity index (χ4n) is 0.962. The van der Waals surface area contributed by atoms with Crippen LogP contribution in [-0.2, 0) is 0 Å². The van der Waals surface area contributed by atoms with Crippen LogP contribution in [0.5, 0.6) is 0 Å². The van der Waals surface area contributed by atoms with Crippen LogP contribution in [0.1, 0.15) is 40.0 Å². The Morgan fingerprint density at radius 3 is 2.64 bits per heavy atom. The minimum atomic E-state index is -0.631. The molecule has 0 heterocycles. The number of rotatable bonds is 4. The summed E-state index contributed by atoms with van der Waals surface area (Å²) in [6, 6.07) is 0. The third kappa shape index (κ3) is 4.92. The molecule has 0 aliphatic rings. The van der Waals surface area contributed by atoms with Crippen molar-refractivity contribution in [2.24, 2.45) is 5.41 Å². The Hall–Kier alpha value is -0.960. The molecule has 14 heavy (non-hydrogen) atoms. The monoisotopic (exact) mass is 192 g/mol. The number of hydrogen-bond donors (Lipinski definition) is 1. The molecular weight excluding hydrogens is 172 g/mol. The molecule has 0 spiro atoms. The summed E-state index contributed by atoms with van der Waals surface area (Å²) in [7, 11) is 0. The molecule has 78 valence electrons. The predicted molar refractivity (Wildman–Crippen MR) is 60.8 cm³/mol. The lowest BCUT2D eigenvalue weighted by Gasteiger charge is -2.21. The van der Waals surface area contributed by atoms with E-state index < -0.39 is 6.10 Å². The van der Waals surface area contributed by atoms with Gasteiger partial charge in [0, 0.05) is 11.8 Å². The summed E-state index contributed by atoms with van der Waals surface area (Å²) in [6.45, 7) is 9.47. The largest absolute Gasteiger partial charge is 0.379 e. The highest BCUT2D eigenvalue weighted by molar-refractivity contribution is 5.13. The van der Waals surface area contributed by atoms with Crippen LogP contribution in [0.3, 0.4) is 0 Å². The maximum absolute atomic E-state index is 9.73. The Kier molecular flexibility index (Phi) is 6.04. The van der Waals surface area contributed by atoms with E-state index in [0.29, 0.717) is 0 Å². The fraction of sp³-hybridized carbons (Fsp3) is 0.615. The van der Waals surface area contributed by atoms with Gasteiger partial charge in [-0.2, -0.15) is 0 Å². The summed E-state index contributed by atoms with van der Waals surface area (Å²) in [5.41, 5.74) is 2.33. The molecule has 0 aromatic carbocycles. The number of aliphatic hydroxyl groups excluding tert-OH is 1. The Balaban J connectivity index is 4.22. The maximum atomic E-state index is 9.73. The van der Waals surface area contributed by atoms with E-state index in [0.717, 1.165) is 19.3 Å². The van der Waals surface area contributed by atoms with Gasteiger partial charge in [0.25, 0.3) is 0 Å². The van der Waals surface area contributed by atoms with Crippen LogP contribution >= 0.6 is 0 Å². The number of unbranched alkanes of at least 4 members (excludes halogenated alkanes) is 2. The van der Waals surface area contributed by atoms with E-state index in [2.05, 4.69) is 31.1 Å². The van der Waals surface area contributed by atoms with Gasteiger partial charge in [-0.3, -0.25) is 0 Å². The van der Waals surface area contributed by atoms with E-state index in [1.54, 1.807) is 6.08 Å². The highest BCUT2D eigenvalue weighted by atomic mass is 16.3. The van der Waals surface area contributed by atoms with Gasteiger partial charge >= 0.3 is 0 Å². The van der Waals surface area contributed by atoms with E-state index >= 15 is 0 Å². The molecule has 1 heteroatoms. The number of aliphatic hydroxyl groups is 1. The molecule has 1 atom stereocenters. The molecule has 0 amide bonds. The normalized spacial score (nSPS) is 12.3. The Morgan fingerprint density at radius 1 is 1.50 bits per heavy atom. The van der Waals surface area contributed by atoms with Crippen LogP contribution in [0.15, 0.2) is 18.4 Å². The molecule has 0 aliphatic heterocycles. The topological polar surface area (TPSA) is 20.2 Å². The summed E-state index contributed by atoms with van der Waals surface area (Å²) < 4.78 is 0. The SMILES string of the molecule is C=C=CC(C)(C)C(O)C#CCCCC. The fourth-order valence-corrected chi connectivity index (χ4v) is 0.962. The zero-order chi connectivity index (χ0) is 11.0. The van der Waals surface area contributed by atoms with Gasteiger partial charge in [-0.15, -0.1) is 11.7 Å². The van der Waals surface area contributed by atoms with Crippen molar-refractivity contribution >= 4 is 0 Å². The van der Waals surface area contributed by atoms with Gasteiger partial charge < -0.3 is 5.11 Å². The third-order valence-electron chi connectivity index (χ3n) is 2.07. The molecule has 0 saturated carbocycles. The molecule has 0 rings (SSSR count). The molecule has 0 radical (unpaired) electrons. The lowest BCUT2D eigenvalue weighted by Crippen LogP contribution is -2.25. The first-order chi connectivity index (χ1) is 6.54. The quantitative estimate of drug-likeness (QED) is 0.412. The summed E-state index contributed by atoms with van der Waals surface area (Å²) >= 11 is 0. The van der Waals surface area contributed by atoms with Gasteiger partial charge in [-0.25, -0.2) is 0 Å². The summed E-state index contributed by atoms with van der Waals surface area (Å²) in [4.78, 5) is 0. The van der Waals surface area contributed by atoms with Crippen molar-refractivity contribution < 1.29 is 5.11 Å². The zero-order valence-corrected chi connectivity index (χ0v) is 9.43. The molecular formula is C13H20O. The van der Waals surface area contributed by atoms with E-state index in [-0.39, 0.29) is 5.41 Å². The Labute approximate surface area is 87.5 Å². The second-order valence-corrected chi connectivity index (χ2v) is 4.00. The molecule has 0 saturated heterocycles. The third-order valence-corrected chi connectivity index (χ3v) is 2.07. The summed E-state index contributed by atoms with van der Waals surface area (Å²) in [5.74, 6) is 5.83. The second-order valence-electron chi connectivity index (χ2n) is 4.00. The lowest BCUT2D eigenvalue weighted by molar-refractivity contribution is 0.135. The van der Waals surface area contributed by atoms with Crippen LogP contribution in [0.25, 0.3) is 0 Å². The van der Waals surface area contributed by atoms with Gasteiger partial charge in [0.1, 0.15) is 6.10 Å². The molecule has 0 fully saturated rings.